The normalized spacial score (nSPS) is 18.2. The van der Waals surface area contributed by atoms with Gasteiger partial charge in [-0.15, -0.1) is 12.4 Å². The van der Waals surface area contributed by atoms with Crippen LogP contribution in [0.4, 0.5) is 0 Å². The third kappa shape index (κ3) is 3.62. The van der Waals surface area contributed by atoms with Gasteiger partial charge < -0.3 is 15.7 Å². The lowest BCUT2D eigenvalue weighted by Gasteiger charge is -2.11. The number of aromatic hydroxyl groups is 1. The molecule has 1 aliphatic rings. The van der Waals surface area contributed by atoms with Crippen LogP contribution in [0.1, 0.15) is 22.3 Å². The van der Waals surface area contributed by atoms with Crippen LogP contribution in [-0.2, 0) is 0 Å². The van der Waals surface area contributed by atoms with E-state index in [2.05, 4.69) is 10.6 Å². The summed E-state index contributed by atoms with van der Waals surface area (Å²) in [4.78, 5) is 11.9. The van der Waals surface area contributed by atoms with E-state index in [0.29, 0.717) is 18.0 Å². The summed E-state index contributed by atoms with van der Waals surface area (Å²) >= 11 is 0. The predicted molar refractivity (Wildman–Crippen MR) is 73.4 cm³/mol. The Morgan fingerprint density at radius 2 is 2.33 bits per heavy atom. The van der Waals surface area contributed by atoms with E-state index in [0.717, 1.165) is 25.1 Å². The van der Waals surface area contributed by atoms with Gasteiger partial charge in [-0.3, -0.25) is 4.79 Å². The van der Waals surface area contributed by atoms with Gasteiger partial charge in [-0.1, -0.05) is 11.6 Å². The van der Waals surface area contributed by atoms with Crippen LogP contribution in [0.3, 0.4) is 0 Å². The molecule has 3 N–H and O–H groups in total. The molecule has 1 heterocycles. The highest BCUT2D eigenvalue weighted by Crippen LogP contribution is 2.18. The Bertz CT molecular complexity index is 417. The third-order valence-electron chi connectivity index (χ3n) is 3.11. The zero-order valence-corrected chi connectivity index (χ0v) is 11.2. The summed E-state index contributed by atoms with van der Waals surface area (Å²) < 4.78 is 0. The first-order valence-electron chi connectivity index (χ1n) is 5.95. The van der Waals surface area contributed by atoms with Crippen molar-refractivity contribution in [2.75, 3.05) is 19.6 Å². The molecule has 1 aromatic carbocycles. The smallest absolute Gasteiger partial charge is 0.255 e. The number of amides is 1. The molecule has 1 atom stereocenters. The number of rotatable bonds is 3. The molecule has 1 fully saturated rings. The lowest BCUT2D eigenvalue weighted by molar-refractivity contribution is 0.0945. The summed E-state index contributed by atoms with van der Waals surface area (Å²) in [6.07, 6.45) is 1.10. The minimum Gasteiger partial charge on any atom is -0.507 e. The highest BCUT2D eigenvalue weighted by molar-refractivity contribution is 5.96. The van der Waals surface area contributed by atoms with E-state index in [-0.39, 0.29) is 24.1 Å². The maximum absolute atomic E-state index is 11.9. The van der Waals surface area contributed by atoms with Gasteiger partial charge in [0.05, 0.1) is 5.56 Å². The summed E-state index contributed by atoms with van der Waals surface area (Å²) in [5, 5.41) is 15.7. The fourth-order valence-electron chi connectivity index (χ4n) is 2.05. The second kappa shape index (κ2) is 6.61. The summed E-state index contributed by atoms with van der Waals surface area (Å²) in [7, 11) is 0. The number of benzene rings is 1. The number of phenols is 1. The highest BCUT2D eigenvalue weighted by Gasteiger charge is 2.17. The number of phenolic OH excluding ortho intramolecular Hbond substituents is 1. The maximum atomic E-state index is 11.9. The number of aryl methyl sites for hydroxylation is 1. The quantitative estimate of drug-likeness (QED) is 0.779. The van der Waals surface area contributed by atoms with Crippen molar-refractivity contribution in [2.45, 2.75) is 13.3 Å². The molecule has 0 spiro atoms. The van der Waals surface area contributed by atoms with Crippen LogP contribution in [0.2, 0.25) is 0 Å². The van der Waals surface area contributed by atoms with Crippen molar-refractivity contribution < 1.29 is 9.90 Å². The fraction of sp³-hybridized carbons (Fsp3) is 0.462. The van der Waals surface area contributed by atoms with Gasteiger partial charge in [0, 0.05) is 6.54 Å². The molecule has 0 radical (unpaired) electrons. The van der Waals surface area contributed by atoms with Gasteiger partial charge in [0.15, 0.2) is 0 Å². The Labute approximate surface area is 113 Å². The number of hydrogen-bond acceptors (Lipinski definition) is 3. The van der Waals surface area contributed by atoms with E-state index in [1.54, 1.807) is 18.2 Å². The molecule has 0 bridgehead atoms. The molecule has 4 nitrogen and oxygen atoms in total. The number of halogens is 1. The first-order chi connectivity index (χ1) is 8.16. The van der Waals surface area contributed by atoms with E-state index in [1.165, 1.54) is 0 Å². The van der Waals surface area contributed by atoms with E-state index in [1.807, 2.05) is 6.92 Å². The second-order valence-electron chi connectivity index (χ2n) is 4.59. The molecule has 0 saturated carbocycles. The highest BCUT2D eigenvalue weighted by atomic mass is 35.5. The Morgan fingerprint density at radius 3 is 3.00 bits per heavy atom. The molecule has 1 saturated heterocycles. The maximum Gasteiger partial charge on any atom is 0.255 e. The van der Waals surface area contributed by atoms with Crippen LogP contribution in [0.5, 0.6) is 5.75 Å². The number of nitrogens with one attached hydrogen (secondary N) is 2. The topological polar surface area (TPSA) is 61.4 Å². The molecule has 5 heteroatoms. The molecule has 2 rings (SSSR count). The average molecular weight is 271 g/mol. The lowest BCUT2D eigenvalue weighted by atomic mass is 10.1. The van der Waals surface area contributed by atoms with E-state index in [4.69, 9.17) is 0 Å². The van der Waals surface area contributed by atoms with Gasteiger partial charge in [0.25, 0.3) is 5.91 Å². The summed E-state index contributed by atoms with van der Waals surface area (Å²) in [5.74, 6) is 0.349. The molecular weight excluding hydrogens is 252 g/mol. The SMILES string of the molecule is Cc1ccc(O)c(C(=O)NCC2CCNC2)c1.Cl. The van der Waals surface area contributed by atoms with Crippen molar-refractivity contribution in [1.29, 1.82) is 0 Å². The van der Waals surface area contributed by atoms with Gasteiger partial charge in [0.1, 0.15) is 5.75 Å². The monoisotopic (exact) mass is 270 g/mol. The number of carbonyl (C=O) groups is 1. The first kappa shape index (κ1) is 14.8. The first-order valence-corrected chi connectivity index (χ1v) is 5.95. The molecule has 100 valence electrons. The van der Waals surface area contributed by atoms with Crippen molar-refractivity contribution in [3.05, 3.63) is 29.3 Å². The van der Waals surface area contributed by atoms with Gasteiger partial charge in [-0.2, -0.15) is 0 Å². The van der Waals surface area contributed by atoms with Crippen LogP contribution in [-0.4, -0.2) is 30.6 Å². The van der Waals surface area contributed by atoms with Crippen LogP contribution < -0.4 is 10.6 Å². The van der Waals surface area contributed by atoms with E-state index in [9.17, 15) is 9.90 Å². The predicted octanol–water partition coefficient (Wildman–Crippen LogP) is 1.46. The second-order valence-corrected chi connectivity index (χ2v) is 4.59. The zero-order chi connectivity index (χ0) is 12.3. The molecule has 0 aliphatic carbocycles. The van der Waals surface area contributed by atoms with Gasteiger partial charge >= 0.3 is 0 Å². The van der Waals surface area contributed by atoms with Gasteiger partial charge in [-0.25, -0.2) is 0 Å². The van der Waals surface area contributed by atoms with Crippen molar-refractivity contribution >= 4 is 18.3 Å². The van der Waals surface area contributed by atoms with Crippen LogP contribution in [0.15, 0.2) is 18.2 Å². The molecule has 1 unspecified atom stereocenters. The van der Waals surface area contributed by atoms with Crippen molar-refractivity contribution in [3.63, 3.8) is 0 Å². The van der Waals surface area contributed by atoms with Crippen LogP contribution >= 0.6 is 12.4 Å². The molecule has 1 aromatic rings. The molecular formula is C13H19ClN2O2. The Kier molecular flexibility index (Phi) is 5.44. The van der Waals surface area contributed by atoms with Crippen molar-refractivity contribution in [1.82, 2.24) is 10.6 Å². The zero-order valence-electron chi connectivity index (χ0n) is 10.4. The van der Waals surface area contributed by atoms with E-state index >= 15 is 0 Å². The molecule has 0 aromatic heterocycles. The minimum absolute atomic E-state index is 0. The number of carbonyl (C=O) groups excluding carboxylic acids is 1. The van der Waals surface area contributed by atoms with Crippen LogP contribution in [0, 0.1) is 12.8 Å². The average Bonchev–Trinajstić information content (AvgIpc) is 2.82. The molecule has 1 amide bonds. The van der Waals surface area contributed by atoms with E-state index < -0.39 is 0 Å². The summed E-state index contributed by atoms with van der Waals surface area (Å²) in [6.45, 7) is 4.55. The van der Waals surface area contributed by atoms with Crippen LogP contribution in [0.25, 0.3) is 0 Å². The number of hydrogen-bond donors (Lipinski definition) is 3. The van der Waals surface area contributed by atoms with Gasteiger partial charge in [-0.05, 0) is 44.5 Å². The standard InChI is InChI=1S/C13H18N2O2.ClH/c1-9-2-3-12(16)11(6-9)13(17)15-8-10-4-5-14-7-10;/h2-3,6,10,14,16H,4-5,7-8H2,1H3,(H,15,17);1H. The largest absolute Gasteiger partial charge is 0.507 e. The lowest BCUT2D eigenvalue weighted by Crippen LogP contribution is -2.30. The Hall–Kier alpha value is -1.26. The van der Waals surface area contributed by atoms with Crippen molar-refractivity contribution in [3.8, 4) is 5.75 Å². The minimum atomic E-state index is -0.196. The third-order valence-corrected chi connectivity index (χ3v) is 3.11. The van der Waals surface area contributed by atoms with Gasteiger partial charge in [0.2, 0.25) is 0 Å². The summed E-state index contributed by atoms with van der Waals surface area (Å²) in [6, 6.07) is 5.05. The Balaban J connectivity index is 0.00000162. The molecule has 18 heavy (non-hydrogen) atoms. The summed E-state index contributed by atoms with van der Waals surface area (Å²) in [5.41, 5.74) is 1.33. The Morgan fingerprint density at radius 1 is 1.56 bits per heavy atom. The van der Waals surface area contributed by atoms with Crippen molar-refractivity contribution in [2.24, 2.45) is 5.92 Å². The molecule has 1 aliphatic heterocycles. The fourth-order valence-corrected chi connectivity index (χ4v) is 2.05.